The minimum atomic E-state index is -1.27. The molecule has 0 bridgehead atoms. The summed E-state index contributed by atoms with van der Waals surface area (Å²) in [6.07, 6.45) is 3.67. The maximum Gasteiger partial charge on any atom is 0.234 e. The van der Waals surface area contributed by atoms with Gasteiger partial charge in [-0.2, -0.15) is 0 Å². The van der Waals surface area contributed by atoms with Gasteiger partial charge in [-0.3, -0.25) is 19.5 Å². The minimum Gasteiger partial charge on any atom is -0.344 e. The second-order valence-corrected chi connectivity index (χ2v) is 12.5. The van der Waals surface area contributed by atoms with Crippen molar-refractivity contribution in [1.82, 2.24) is 19.8 Å². The van der Waals surface area contributed by atoms with Crippen LogP contribution in [0.25, 0.3) is 32.2 Å². The normalized spacial score (nSPS) is 23.9. The first-order chi connectivity index (χ1) is 17.2. The number of likely N-dealkylation sites (tertiary alicyclic amines) is 1. The van der Waals surface area contributed by atoms with Crippen molar-refractivity contribution in [2.45, 2.75) is 32.6 Å². The van der Waals surface area contributed by atoms with E-state index in [1.54, 1.807) is 6.20 Å². The second-order valence-electron chi connectivity index (χ2n) is 10.9. The number of nitrogens with zero attached hydrogens (tertiary/aromatic N) is 3. The predicted octanol–water partition coefficient (Wildman–Crippen LogP) is 5.02. The molecule has 1 N–H and O–H groups in total. The Morgan fingerprint density at radius 3 is 2.58 bits per heavy atom. The van der Waals surface area contributed by atoms with Crippen molar-refractivity contribution in [1.29, 1.82) is 0 Å². The van der Waals surface area contributed by atoms with Gasteiger partial charge in [0.2, 0.25) is 11.8 Å². The van der Waals surface area contributed by atoms with E-state index in [0.717, 1.165) is 37.1 Å². The third-order valence-electron chi connectivity index (χ3n) is 8.12. The number of halogens is 2. The standard InChI is InChI=1S/C27H24ClFN4O2S/c1-26(2)20-21(26)25(35)33(24(20)34)10-16-9-19-23(36-16)17(3-5-31-19)18-8-15(28)7-14-4-6-32(22(14)18)13-27(29)11-30-12-27/h3-9,20-21,30H,10-13H2,1-2H3. The van der Waals surface area contributed by atoms with E-state index in [0.29, 0.717) is 18.1 Å². The number of alkyl halides is 1. The summed E-state index contributed by atoms with van der Waals surface area (Å²) >= 11 is 8.04. The highest BCUT2D eigenvalue weighted by molar-refractivity contribution is 7.19. The van der Waals surface area contributed by atoms with E-state index >= 15 is 4.39 Å². The molecule has 5 heterocycles. The highest BCUT2D eigenvalue weighted by Gasteiger charge is 2.72. The highest BCUT2D eigenvalue weighted by atomic mass is 35.5. The first-order valence-electron chi connectivity index (χ1n) is 12.1. The van der Waals surface area contributed by atoms with Crippen LogP contribution in [0.5, 0.6) is 0 Å². The Morgan fingerprint density at radius 1 is 1.14 bits per heavy atom. The van der Waals surface area contributed by atoms with Crippen LogP contribution in [-0.2, 0) is 22.7 Å². The summed E-state index contributed by atoms with van der Waals surface area (Å²) in [5.41, 5.74) is 2.10. The number of hydrogen-bond acceptors (Lipinski definition) is 5. The van der Waals surface area contributed by atoms with Crippen molar-refractivity contribution in [2.24, 2.45) is 17.3 Å². The first-order valence-corrected chi connectivity index (χ1v) is 13.3. The van der Waals surface area contributed by atoms with Crippen LogP contribution >= 0.6 is 22.9 Å². The lowest BCUT2D eigenvalue weighted by molar-refractivity contribution is -0.143. The first kappa shape index (κ1) is 22.4. The van der Waals surface area contributed by atoms with Gasteiger partial charge in [0.25, 0.3) is 0 Å². The summed E-state index contributed by atoms with van der Waals surface area (Å²) < 4.78 is 17.9. The van der Waals surface area contributed by atoms with Gasteiger partial charge in [0.15, 0.2) is 5.67 Å². The average Bonchev–Trinajstić information content (AvgIpc) is 3.16. The van der Waals surface area contributed by atoms with Gasteiger partial charge in [0.1, 0.15) is 0 Å². The number of nitrogens with one attached hydrogen (secondary N) is 1. The number of carbonyl (C=O) groups is 2. The van der Waals surface area contributed by atoms with Gasteiger partial charge in [0, 0.05) is 51.9 Å². The summed E-state index contributed by atoms with van der Waals surface area (Å²) in [5, 5.41) is 4.58. The predicted molar refractivity (Wildman–Crippen MR) is 139 cm³/mol. The number of imide groups is 1. The molecule has 36 heavy (non-hydrogen) atoms. The Labute approximate surface area is 216 Å². The van der Waals surface area contributed by atoms with Crippen molar-refractivity contribution in [3.8, 4) is 11.1 Å². The summed E-state index contributed by atoms with van der Waals surface area (Å²) in [5.74, 6) is -0.517. The van der Waals surface area contributed by atoms with Crippen LogP contribution in [0.3, 0.4) is 0 Å². The molecule has 2 amide bonds. The number of hydrogen-bond donors (Lipinski definition) is 1. The topological polar surface area (TPSA) is 67.2 Å². The number of thiophene rings is 1. The smallest absolute Gasteiger partial charge is 0.234 e. The molecule has 9 heteroatoms. The molecule has 2 unspecified atom stereocenters. The molecule has 6 nitrogen and oxygen atoms in total. The van der Waals surface area contributed by atoms with Gasteiger partial charge in [-0.05, 0) is 35.7 Å². The Bertz CT molecular complexity index is 1580. The lowest BCUT2D eigenvalue weighted by atomic mass is 9.99. The number of aromatic nitrogens is 2. The van der Waals surface area contributed by atoms with Gasteiger partial charge >= 0.3 is 0 Å². The summed E-state index contributed by atoms with van der Waals surface area (Å²) in [4.78, 5) is 32.6. The SMILES string of the molecule is CC1(C)C2C(=O)N(Cc3cc4nccc(-c5cc(Cl)cc6ccn(CC7(F)CNC7)c56)c4s3)C(=O)C21. The van der Waals surface area contributed by atoms with Crippen LogP contribution in [0.1, 0.15) is 18.7 Å². The molecule has 1 aliphatic carbocycles. The zero-order valence-electron chi connectivity index (χ0n) is 19.8. The molecule has 1 aromatic carbocycles. The Kier molecular flexibility index (Phi) is 4.58. The number of piperidine rings is 1. The largest absolute Gasteiger partial charge is 0.344 e. The number of benzene rings is 1. The van der Waals surface area contributed by atoms with Gasteiger partial charge < -0.3 is 9.88 Å². The molecule has 2 saturated heterocycles. The van der Waals surface area contributed by atoms with Gasteiger partial charge in [0.05, 0.1) is 40.7 Å². The maximum atomic E-state index is 15.0. The molecule has 184 valence electrons. The molecule has 0 radical (unpaired) electrons. The van der Waals surface area contributed by atoms with Crippen LogP contribution < -0.4 is 5.32 Å². The van der Waals surface area contributed by atoms with Gasteiger partial charge in [-0.1, -0.05) is 25.4 Å². The second kappa shape index (κ2) is 7.37. The van der Waals surface area contributed by atoms with Crippen LogP contribution in [0, 0.1) is 17.3 Å². The van der Waals surface area contributed by atoms with E-state index in [4.69, 9.17) is 11.6 Å². The highest BCUT2D eigenvalue weighted by Crippen LogP contribution is 2.63. The summed E-state index contributed by atoms with van der Waals surface area (Å²) in [6, 6.07) is 9.69. The number of amides is 2. The molecule has 3 fully saturated rings. The van der Waals surface area contributed by atoms with E-state index in [2.05, 4.69) is 10.3 Å². The molecule has 2 atom stereocenters. The lowest BCUT2D eigenvalue weighted by Gasteiger charge is -2.35. The van der Waals surface area contributed by atoms with Crippen molar-refractivity contribution in [2.75, 3.05) is 13.1 Å². The molecule has 1 saturated carbocycles. The zero-order valence-corrected chi connectivity index (χ0v) is 21.4. The molecular weight excluding hydrogens is 499 g/mol. The number of carbonyl (C=O) groups excluding carboxylic acids is 2. The van der Waals surface area contributed by atoms with Crippen molar-refractivity contribution >= 4 is 55.9 Å². The quantitative estimate of drug-likeness (QED) is 0.374. The fourth-order valence-electron chi connectivity index (χ4n) is 6.06. The van der Waals surface area contributed by atoms with Gasteiger partial charge in [-0.25, -0.2) is 4.39 Å². The van der Waals surface area contributed by atoms with Crippen LogP contribution in [0.4, 0.5) is 4.39 Å². The monoisotopic (exact) mass is 522 g/mol. The lowest BCUT2D eigenvalue weighted by Crippen LogP contribution is -2.58. The number of rotatable bonds is 5. The Morgan fingerprint density at radius 2 is 1.89 bits per heavy atom. The summed E-state index contributed by atoms with van der Waals surface area (Å²) in [7, 11) is 0. The molecule has 2 aliphatic heterocycles. The van der Waals surface area contributed by atoms with E-state index in [1.807, 2.05) is 54.9 Å². The van der Waals surface area contributed by atoms with E-state index in [1.165, 1.54) is 16.2 Å². The van der Waals surface area contributed by atoms with Crippen molar-refractivity contribution in [3.05, 3.63) is 52.6 Å². The fraction of sp³-hybridized carbons (Fsp3) is 0.370. The fourth-order valence-corrected chi connectivity index (χ4v) is 7.41. The van der Waals surface area contributed by atoms with Crippen molar-refractivity contribution < 1.29 is 14.0 Å². The molecule has 3 aromatic heterocycles. The molecule has 3 aliphatic rings. The molecule has 4 aromatic rings. The average molecular weight is 523 g/mol. The van der Waals surface area contributed by atoms with Crippen LogP contribution in [0.15, 0.2) is 42.7 Å². The summed E-state index contributed by atoms with van der Waals surface area (Å²) in [6.45, 7) is 5.18. The molecular formula is C27H24ClFN4O2S. The van der Waals surface area contributed by atoms with Crippen molar-refractivity contribution in [3.63, 3.8) is 0 Å². The number of pyridine rings is 1. The van der Waals surface area contributed by atoms with Crippen LogP contribution in [0.2, 0.25) is 5.02 Å². The molecule has 0 spiro atoms. The Balaban J connectivity index is 1.29. The number of fused-ring (bicyclic) bond motifs is 3. The third kappa shape index (κ3) is 3.14. The van der Waals surface area contributed by atoms with Crippen LogP contribution in [-0.4, -0.2) is 45.0 Å². The van der Waals surface area contributed by atoms with E-state index in [-0.39, 0.29) is 42.2 Å². The zero-order chi connectivity index (χ0) is 25.0. The van der Waals surface area contributed by atoms with E-state index in [9.17, 15) is 9.59 Å². The third-order valence-corrected chi connectivity index (χ3v) is 9.48. The Hall–Kier alpha value is -2.81. The van der Waals surface area contributed by atoms with Gasteiger partial charge in [-0.15, -0.1) is 11.3 Å². The van der Waals surface area contributed by atoms with E-state index < -0.39 is 5.67 Å². The minimum absolute atomic E-state index is 0.0688. The molecule has 7 rings (SSSR count). The maximum absolute atomic E-state index is 15.0.